The van der Waals surface area contributed by atoms with Crippen LogP contribution in [0, 0.1) is 17.8 Å². The normalized spacial score (nSPS) is 17.3. The number of methoxy groups -OCH3 is 1. The molecule has 2 unspecified atom stereocenters. The second-order valence-electron chi connectivity index (χ2n) is 10.9. The van der Waals surface area contributed by atoms with Crippen LogP contribution in [0.3, 0.4) is 0 Å². The van der Waals surface area contributed by atoms with E-state index < -0.39 is 23.8 Å². The van der Waals surface area contributed by atoms with Gasteiger partial charge >= 0.3 is 0 Å². The van der Waals surface area contributed by atoms with Gasteiger partial charge in [0.05, 0.1) is 13.0 Å². The number of nitrogens with zero attached hydrogens (tertiary/aromatic N) is 1. The van der Waals surface area contributed by atoms with E-state index in [9.17, 15) is 19.6 Å². The number of benzene rings is 2. The Bertz CT molecular complexity index is 1100. The molecule has 0 aliphatic carbocycles. The van der Waals surface area contributed by atoms with Crippen LogP contribution < -0.4 is 15.5 Å². The predicted molar refractivity (Wildman–Crippen MR) is 151 cm³/mol. The van der Waals surface area contributed by atoms with Crippen LogP contribution in [0.5, 0.6) is 5.75 Å². The Kier molecular flexibility index (Phi) is 11.3. The summed E-state index contributed by atoms with van der Waals surface area (Å²) in [5.41, 5.74) is 4.88. The van der Waals surface area contributed by atoms with Crippen LogP contribution in [0.2, 0.25) is 0 Å². The van der Waals surface area contributed by atoms with Gasteiger partial charge in [-0.25, -0.2) is 5.48 Å². The van der Waals surface area contributed by atoms with Crippen molar-refractivity contribution in [2.75, 3.05) is 13.7 Å². The first-order chi connectivity index (χ1) is 18.8. The van der Waals surface area contributed by atoms with Crippen LogP contribution in [0.4, 0.5) is 0 Å². The number of nitrogens with one attached hydrogen (secondary N) is 2. The van der Waals surface area contributed by atoms with Crippen molar-refractivity contribution in [3.05, 3.63) is 54.1 Å². The molecule has 3 rings (SSSR count). The average molecular weight is 538 g/mol. The first-order valence-electron chi connectivity index (χ1n) is 14.0. The molecule has 0 aromatic heterocycles. The Morgan fingerprint density at radius 3 is 2.44 bits per heavy atom. The van der Waals surface area contributed by atoms with Crippen LogP contribution in [-0.4, -0.2) is 47.5 Å². The summed E-state index contributed by atoms with van der Waals surface area (Å²) < 4.78 is 5.26. The van der Waals surface area contributed by atoms with Gasteiger partial charge in [0.15, 0.2) is 0 Å². The third kappa shape index (κ3) is 8.30. The number of rotatable bonds is 12. The standard InChI is InChI=1S/C31H43N3O5/c1-5-9-26(30(36)33-38)27(18-21(2)3)29(35)32-28-12-6-7-17-34(31(28)37)20-22-10-8-11-24(19-22)23-13-15-25(39-4)16-14-23/h8,10-11,13-16,19,21,26-28,38H,5-7,9,12,17-18,20H2,1-4H3,(H,32,35)(H,33,36)/t26?,27?,28-/m0/s1. The van der Waals surface area contributed by atoms with Gasteiger partial charge in [-0.1, -0.05) is 57.5 Å². The minimum atomic E-state index is -0.653. The molecule has 1 fully saturated rings. The van der Waals surface area contributed by atoms with Crippen LogP contribution in [0.25, 0.3) is 11.1 Å². The number of carbonyl (C=O) groups excluding carboxylic acids is 3. The fourth-order valence-corrected chi connectivity index (χ4v) is 5.40. The van der Waals surface area contributed by atoms with E-state index in [1.54, 1.807) is 12.6 Å². The van der Waals surface area contributed by atoms with Crippen LogP contribution in [0.15, 0.2) is 48.5 Å². The van der Waals surface area contributed by atoms with Crippen LogP contribution in [-0.2, 0) is 20.9 Å². The fourth-order valence-electron chi connectivity index (χ4n) is 5.40. The highest BCUT2D eigenvalue weighted by molar-refractivity contribution is 5.91. The smallest absolute Gasteiger partial charge is 0.247 e. The molecule has 0 radical (unpaired) electrons. The molecule has 0 bridgehead atoms. The maximum atomic E-state index is 13.6. The quantitative estimate of drug-likeness (QED) is 0.262. The largest absolute Gasteiger partial charge is 0.497 e. The second-order valence-corrected chi connectivity index (χ2v) is 10.9. The number of hydrogen-bond acceptors (Lipinski definition) is 5. The van der Waals surface area contributed by atoms with Crippen molar-refractivity contribution < 1.29 is 24.3 Å². The zero-order valence-electron chi connectivity index (χ0n) is 23.6. The summed E-state index contributed by atoms with van der Waals surface area (Å²) in [4.78, 5) is 41.4. The SMILES string of the molecule is CCCC(C(=O)NO)C(CC(C)C)C(=O)N[C@H]1CCCCN(Cc2cccc(-c3ccc(OC)cc3)c2)C1=O. The lowest BCUT2D eigenvalue weighted by molar-refractivity contribution is -0.143. The summed E-state index contributed by atoms with van der Waals surface area (Å²) >= 11 is 0. The Morgan fingerprint density at radius 2 is 1.79 bits per heavy atom. The number of amides is 3. The van der Waals surface area contributed by atoms with Crippen molar-refractivity contribution in [2.24, 2.45) is 17.8 Å². The highest BCUT2D eigenvalue weighted by Crippen LogP contribution is 2.27. The monoisotopic (exact) mass is 537 g/mol. The molecule has 39 heavy (non-hydrogen) atoms. The van der Waals surface area contributed by atoms with E-state index in [0.717, 1.165) is 35.3 Å². The Morgan fingerprint density at radius 1 is 1.05 bits per heavy atom. The van der Waals surface area contributed by atoms with Gasteiger partial charge in [-0.3, -0.25) is 19.6 Å². The first kappa shape index (κ1) is 30.2. The third-order valence-electron chi connectivity index (χ3n) is 7.42. The zero-order valence-corrected chi connectivity index (χ0v) is 23.6. The van der Waals surface area contributed by atoms with E-state index in [0.29, 0.717) is 38.8 Å². The van der Waals surface area contributed by atoms with Crippen molar-refractivity contribution >= 4 is 17.7 Å². The van der Waals surface area contributed by atoms with E-state index in [4.69, 9.17) is 4.74 Å². The third-order valence-corrected chi connectivity index (χ3v) is 7.42. The van der Waals surface area contributed by atoms with E-state index >= 15 is 0 Å². The summed E-state index contributed by atoms with van der Waals surface area (Å²) in [5, 5.41) is 12.3. The Labute approximate surface area is 232 Å². The van der Waals surface area contributed by atoms with Crippen LogP contribution >= 0.6 is 0 Å². The number of ether oxygens (including phenoxy) is 1. The van der Waals surface area contributed by atoms with Gasteiger partial charge < -0.3 is 15.0 Å². The van der Waals surface area contributed by atoms with Gasteiger partial charge in [-0.2, -0.15) is 0 Å². The molecular formula is C31H43N3O5. The lowest BCUT2D eigenvalue weighted by atomic mass is 9.81. The summed E-state index contributed by atoms with van der Waals surface area (Å²) in [5.74, 6) is -1.26. The molecule has 3 N–H and O–H groups in total. The molecule has 3 amide bonds. The first-order valence-corrected chi connectivity index (χ1v) is 14.0. The molecule has 0 spiro atoms. The summed E-state index contributed by atoms with van der Waals surface area (Å²) in [7, 11) is 1.64. The molecular weight excluding hydrogens is 494 g/mol. The molecule has 1 aliphatic heterocycles. The average Bonchev–Trinajstić information content (AvgIpc) is 3.11. The number of hydroxylamine groups is 1. The van der Waals surface area contributed by atoms with E-state index in [1.807, 2.05) is 68.1 Å². The molecule has 0 saturated carbocycles. The zero-order chi connectivity index (χ0) is 28.4. The molecule has 3 atom stereocenters. The summed E-state index contributed by atoms with van der Waals surface area (Å²) in [6.07, 6.45) is 3.91. The Balaban J connectivity index is 1.75. The van der Waals surface area contributed by atoms with Gasteiger partial charge in [0, 0.05) is 19.0 Å². The Hall–Kier alpha value is -3.39. The molecule has 8 heteroatoms. The maximum Gasteiger partial charge on any atom is 0.247 e. The lowest BCUT2D eigenvalue weighted by Gasteiger charge is -2.29. The molecule has 2 aromatic carbocycles. The fraction of sp³-hybridized carbons (Fsp3) is 0.516. The number of carbonyl (C=O) groups is 3. The number of likely N-dealkylation sites (tertiary alicyclic amines) is 1. The molecule has 2 aromatic rings. The molecule has 212 valence electrons. The van der Waals surface area contributed by atoms with Crippen LogP contribution in [0.1, 0.15) is 64.9 Å². The summed E-state index contributed by atoms with van der Waals surface area (Å²) in [6.45, 7) is 7.02. The topological polar surface area (TPSA) is 108 Å². The molecule has 1 saturated heterocycles. The van der Waals surface area contributed by atoms with E-state index in [2.05, 4.69) is 11.4 Å². The van der Waals surface area contributed by atoms with E-state index in [-0.39, 0.29) is 17.7 Å². The minimum Gasteiger partial charge on any atom is -0.497 e. The van der Waals surface area contributed by atoms with Crippen molar-refractivity contribution in [1.29, 1.82) is 0 Å². The highest BCUT2D eigenvalue weighted by atomic mass is 16.5. The second kappa shape index (κ2) is 14.7. The maximum absolute atomic E-state index is 13.6. The van der Waals surface area contributed by atoms with Crippen molar-refractivity contribution in [2.45, 2.75) is 71.9 Å². The lowest BCUT2D eigenvalue weighted by Crippen LogP contribution is -2.51. The highest BCUT2D eigenvalue weighted by Gasteiger charge is 2.36. The van der Waals surface area contributed by atoms with E-state index in [1.165, 1.54) is 0 Å². The van der Waals surface area contributed by atoms with Crippen molar-refractivity contribution in [3.63, 3.8) is 0 Å². The molecule has 1 aliphatic rings. The summed E-state index contributed by atoms with van der Waals surface area (Å²) in [6, 6.07) is 15.4. The minimum absolute atomic E-state index is 0.0994. The predicted octanol–water partition coefficient (Wildman–Crippen LogP) is 4.94. The number of hydrogen-bond donors (Lipinski definition) is 3. The van der Waals surface area contributed by atoms with Gasteiger partial charge in [-0.15, -0.1) is 0 Å². The van der Waals surface area contributed by atoms with Crippen molar-refractivity contribution in [3.8, 4) is 16.9 Å². The molecule has 8 nitrogen and oxygen atoms in total. The van der Waals surface area contributed by atoms with Gasteiger partial charge in [-0.05, 0) is 72.9 Å². The van der Waals surface area contributed by atoms with Gasteiger partial charge in [0.2, 0.25) is 17.7 Å². The van der Waals surface area contributed by atoms with Gasteiger partial charge in [0.1, 0.15) is 11.8 Å². The van der Waals surface area contributed by atoms with Crippen molar-refractivity contribution in [1.82, 2.24) is 15.7 Å². The van der Waals surface area contributed by atoms with Gasteiger partial charge in [0.25, 0.3) is 0 Å². The molecule has 1 heterocycles.